The molecule has 0 aliphatic carbocycles. The van der Waals surface area contributed by atoms with Crippen LogP contribution in [-0.4, -0.2) is 48.2 Å². The molecule has 2 heterocycles. The van der Waals surface area contributed by atoms with Crippen LogP contribution in [0.2, 0.25) is 0 Å². The quantitative estimate of drug-likeness (QED) is 0.823. The van der Waals surface area contributed by atoms with Gasteiger partial charge in [-0.15, -0.1) is 0 Å². The number of hydrogen-bond donors (Lipinski definition) is 0. The highest BCUT2D eigenvalue weighted by Gasteiger charge is 2.28. The van der Waals surface area contributed by atoms with Gasteiger partial charge in [-0.05, 0) is 18.8 Å². The number of sulfone groups is 1. The number of hydrogen-bond acceptors (Lipinski definition) is 6. The number of rotatable bonds is 4. The van der Waals surface area contributed by atoms with Gasteiger partial charge in [0.1, 0.15) is 11.5 Å². The second-order valence-electron chi connectivity index (χ2n) is 7.39. The smallest absolute Gasteiger partial charge is 0.237 e. The zero-order valence-electron chi connectivity index (χ0n) is 14.2. The standard InChI is InChI=1S/C15H25N3O4S/c1-11-6-5-7-18(8-11)13(19)10-23(20,21)9-12-16-14(22-17-12)15(2,3)4/h11H,5-10H2,1-4H3. The minimum absolute atomic E-state index is 0.106. The van der Waals surface area contributed by atoms with E-state index >= 15 is 0 Å². The van der Waals surface area contributed by atoms with Crippen molar-refractivity contribution in [3.63, 3.8) is 0 Å². The lowest BCUT2D eigenvalue weighted by molar-refractivity contribution is -0.130. The van der Waals surface area contributed by atoms with Crippen molar-refractivity contribution < 1.29 is 17.7 Å². The largest absolute Gasteiger partial charge is 0.342 e. The minimum Gasteiger partial charge on any atom is -0.342 e. The maximum Gasteiger partial charge on any atom is 0.237 e. The third-order valence-electron chi connectivity index (χ3n) is 3.81. The number of piperidine rings is 1. The first-order chi connectivity index (χ1) is 10.6. The molecular weight excluding hydrogens is 318 g/mol. The van der Waals surface area contributed by atoms with E-state index in [-0.39, 0.29) is 22.9 Å². The molecule has 1 saturated heterocycles. The second kappa shape index (κ2) is 6.59. The molecule has 1 aromatic rings. The first-order valence-electron chi connectivity index (χ1n) is 7.88. The van der Waals surface area contributed by atoms with Crippen LogP contribution in [0.3, 0.4) is 0 Å². The first kappa shape index (κ1) is 17.9. The van der Waals surface area contributed by atoms with Gasteiger partial charge in [0.15, 0.2) is 15.7 Å². The monoisotopic (exact) mass is 343 g/mol. The molecule has 8 heteroatoms. The summed E-state index contributed by atoms with van der Waals surface area (Å²) in [6, 6.07) is 0. The Labute approximate surface area is 137 Å². The van der Waals surface area contributed by atoms with Gasteiger partial charge in [0, 0.05) is 18.5 Å². The predicted octanol–water partition coefficient (Wildman–Crippen LogP) is 1.54. The van der Waals surface area contributed by atoms with Crippen LogP contribution in [0.4, 0.5) is 0 Å². The van der Waals surface area contributed by atoms with Crippen molar-refractivity contribution in [2.45, 2.75) is 51.7 Å². The molecule has 1 aromatic heterocycles. The van der Waals surface area contributed by atoms with Crippen LogP contribution >= 0.6 is 0 Å². The molecule has 0 N–H and O–H groups in total. The van der Waals surface area contributed by atoms with E-state index in [1.54, 1.807) is 4.90 Å². The lowest BCUT2D eigenvalue weighted by Crippen LogP contribution is -2.42. The summed E-state index contributed by atoms with van der Waals surface area (Å²) in [6.07, 6.45) is 2.00. The molecule has 1 aliphatic rings. The lowest BCUT2D eigenvalue weighted by atomic mass is 9.97. The van der Waals surface area contributed by atoms with Crippen molar-refractivity contribution in [3.8, 4) is 0 Å². The summed E-state index contributed by atoms with van der Waals surface area (Å²) >= 11 is 0. The van der Waals surface area contributed by atoms with Crippen LogP contribution in [0.25, 0.3) is 0 Å². The summed E-state index contributed by atoms with van der Waals surface area (Å²) in [5, 5.41) is 3.71. The normalized spacial score (nSPS) is 19.8. The molecule has 1 fully saturated rings. The van der Waals surface area contributed by atoms with Gasteiger partial charge < -0.3 is 9.42 Å². The minimum atomic E-state index is -3.61. The Bertz CT molecular complexity index is 661. The molecule has 23 heavy (non-hydrogen) atoms. The number of aromatic nitrogens is 2. The van der Waals surface area contributed by atoms with Crippen molar-refractivity contribution in [3.05, 3.63) is 11.7 Å². The summed E-state index contributed by atoms with van der Waals surface area (Å²) in [6.45, 7) is 9.04. The van der Waals surface area contributed by atoms with Crippen LogP contribution in [0.15, 0.2) is 4.52 Å². The fraction of sp³-hybridized carbons (Fsp3) is 0.800. The highest BCUT2D eigenvalue weighted by atomic mass is 32.2. The van der Waals surface area contributed by atoms with Crippen LogP contribution in [0.1, 0.15) is 52.3 Å². The molecule has 2 rings (SSSR count). The van der Waals surface area contributed by atoms with Gasteiger partial charge >= 0.3 is 0 Å². The number of amides is 1. The molecule has 0 bridgehead atoms. The lowest BCUT2D eigenvalue weighted by Gasteiger charge is -2.30. The van der Waals surface area contributed by atoms with E-state index in [1.165, 1.54) is 0 Å². The highest BCUT2D eigenvalue weighted by Crippen LogP contribution is 2.20. The second-order valence-corrected chi connectivity index (χ2v) is 9.45. The number of likely N-dealkylation sites (tertiary alicyclic amines) is 1. The fourth-order valence-electron chi connectivity index (χ4n) is 2.56. The number of nitrogens with zero attached hydrogens (tertiary/aromatic N) is 3. The van der Waals surface area contributed by atoms with Gasteiger partial charge in [0.2, 0.25) is 11.8 Å². The van der Waals surface area contributed by atoms with Crippen LogP contribution in [0, 0.1) is 5.92 Å². The third kappa shape index (κ3) is 5.02. The van der Waals surface area contributed by atoms with Gasteiger partial charge in [-0.3, -0.25) is 4.79 Å². The van der Waals surface area contributed by atoms with E-state index in [0.717, 1.165) is 12.8 Å². The Morgan fingerprint density at radius 3 is 2.65 bits per heavy atom. The molecule has 7 nitrogen and oxygen atoms in total. The number of carbonyl (C=O) groups excluding carboxylic acids is 1. The van der Waals surface area contributed by atoms with Crippen LogP contribution in [0.5, 0.6) is 0 Å². The summed E-state index contributed by atoms with van der Waals surface area (Å²) in [5.74, 6) is -0.299. The van der Waals surface area contributed by atoms with E-state index < -0.39 is 15.6 Å². The summed E-state index contributed by atoms with van der Waals surface area (Å²) in [5.41, 5.74) is -0.339. The van der Waals surface area contributed by atoms with Gasteiger partial charge in [-0.2, -0.15) is 4.98 Å². The molecule has 130 valence electrons. The zero-order chi connectivity index (χ0) is 17.3. The molecule has 0 aromatic carbocycles. The van der Waals surface area contributed by atoms with Crippen LogP contribution in [-0.2, 0) is 25.8 Å². The van der Waals surface area contributed by atoms with Gasteiger partial charge in [-0.1, -0.05) is 32.9 Å². The Kier molecular flexibility index (Phi) is 5.13. The first-order valence-corrected chi connectivity index (χ1v) is 9.70. The van der Waals surface area contributed by atoms with Gasteiger partial charge in [0.25, 0.3) is 0 Å². The summed E-state index contributed by atoms with van der Waals surface area (Å²) in [7, 11) is -3.61. The maximum absolute atomic E-state index is 12.2. The van der Waals surface area contributed by atoms with E-state index in [0.29, 0.717) is 24.9 Å². The van der Waals surface area contributed by atoms with E-state index in [1.807, 2.05) is 20.8 Å². The molecule has 0 saturated carbocycles. The topological polar surface area (TPSA) is 93.4 Å². The van der Waals surface area contributed by atoms with E-state index in [9.17, 15) is 13.2 Å². The molecule has 1 amide bonds. The molecule has 0 radical (unpaired) electrons. The Morgan fingerprint density at radius 2 is 2.09 bits per heavy atom. The van der Waals surface area contributed by atoms with E-state index in [2.05, 4.69) is 17.1 Å². The Morgan fingerprint density at radius 1 is 1.39 bits per heavy atom. The predicted molar refractivity (Wildman–Crippen MR) is 85.5 cm³/mol. The summed E-state index contributed by atoms with van der Waals surface area (Å²) in [4.78, 5) is 18.0. The molecule has 0 spiro atoms. The fourth-order valence-corrected chi connectivity index (χ4v) is 3.73. The highest BCUT2D eigenvalue weighted by molar-refractivity contribution is 7.91. The van der Waals surface area contributed by atoms with Gasteiger partial charge in [-0.25, -0.2) is 8.42 Å². The Hall–Kier alpha value is -1.44. The van der Waals surface area contributed by atoms with Crippen molar-refractivity contribution in [1.29, 1.82) is 0 Å². The van der Waals surface area contributed by atoms with Crippen molar-refractivity contribution in [2.24, 2.45) is 5.92 Å². The van der Waals surface area contributed by atoms with Crippen molar-refractivity contribution in [2.75, 3.05) is 18.8 Å². The SMILES string of the molecule is CC1CCCN(C(=O)CS(=O)(=O)Cc2noc(C(C)(C)C)n2)C1. The average Bonchev–Trinajstić information content (AvgIpc) is 2.85. The molecule has 1 atom stereocenters. The van der Waals surface area contributed by atoms with E-state index in [4.69, 9.17) is 4.52 Å². The molecule has 1 aliphatic heterocycles. The average molecular weight is 343 g/mol. The van der Waals surface area contributed by atoms with Crippen LogP contribution < -0.4 is 0 Å². The molecular formula is C15H25N3O4S. The third-order valence-corrected chi connectivity index (χ3v) is 5.20. The van der Waals surface area contributed by atoms with Gasteiger partial charge in [0.05, 0.1) is 0 Å². The molecule has 1 unspecified atom stereocenters. The Balaban J connectivity index is 1.99. The zero-order valence-corrected chi connectivity index (χ0v) is 15.0. The van der Waals surface area contributed by atoms with Crippen molar-refractivity contribution in [1.82, 2.24) is 15.0 Å². The number of carbonyl (C=O) groups is 1. The maximum atomic E-state index is 12.2. The summed E-state index contributed by atoms with van der Waals surface area (Å²) < 4.78 is 29.5. The van der Waals surface area contributed by atoms with Crippen molar-refractivity contribution >= 4 is 15.7 Å².